The van der Waals surface area contributed by atoms with E-state index in [2.05, 4.69) is 27.4 Å². The molecule has 0 spiro atoms. The van der Waals surface area contributed by atoms with Crippen molar-refractivity contribution >= 4 is 11.8 Å². The molecule has 0 bridgehead atoms. The van der Waals surface area contributed by atoms with Crippen molar-refractivity contribution in [2.75, 3.05) is 52.4 Å². The normalized spacial score (nSPS) is 19.4. The van der Waals surface area contributed by atoms with Crippen LogP contribution in [0.5, 0.6) is 0 Å². The average Bonchev–Trinajstić information content (AvgIpc) is 2.31. The molecule has 1 rings (SSSR count). The van der Waals surface area contributed by atoms with E-state index in [4.69, 9.17) is 4.74 Å². The Kier molecular flexibility index (Phi) is 7.67. The molecule has 1 N–H and O–H groups in total. The topological polar surface area (TPSA) is 27.7 Å². The van der Waals surface area contributed by atoms with Crippen LogP contribution in [0.1, 0.15) is 6.92 Å². The first-order valence-electron chi connectivity index (χ1n) is 5.80. The number of nitrogens with zero attached hydrogens (tertiary/aromatic N) is 2. The smallest absolute Gasteiger partial charge is 0.0987 e. The first kappa shape index (κ1) is 13.8. The molecule has 0 radical (unpaired) electrons. The third-order valence-corrected chi connectivity index (χ3v) is 3.36. The molecular formula is C11H23N3OS. The summed E-state index contributed by atoms with van der Waals surface area (Å²) in [6.45, 7) is 8.38. The third-order valence-electron chi connectivity index (χ3n) is 2.52. The second-order valence-electron chi connectivity index (χ2n) is 3.81. The molecule has 1 heterocycles. The summed E-state index contributed by atoms with van der Waals surface area (Å²) in [7, 11) is 1.76. The maximum atomic E-state index is 5.12. The molecule has 1 aliphatic heterocycles. The quantitative estimate of drug-likeness (QED) is 0.722. The van der Waals surface area contributed by atoms with E-state index in [1.54, 1.807) is 7.11 Å². The number of methoxy groups -OCH3 is 1. The van der Waals surface area contributed by atoms with Crippen LogP contribution in [0.4, 0.5) is 0 Å². The van der Waals surface area contributed by atoms with E-state index < -0.39 is 0 Å². The van der Waals surface area contributed by atoms with Crippen molar-refractivity contribution in [3.63, 3.8) is 0 Å². The molecule has 1 saturated heterocycles. The molecule has 5 heteroatoms. The Morgan fingerprint density at radius 3 is 2.56 bits per heavy atom. The highest BCUT2D eigenvalue weighted by Crippen LogP contribution is 2.08. The summed E-state index contributed by atoms with van der Waals surface area (Å²) in [6.07, 6.45) is 2.02. The fourth-order valence-corrected chi connectivity index (χ4v) is 2.34. The molecule has 0 atom stereocenters. The van der Waals surface area contributed by atoms with Gasteiger partial charge in [-0.15, -0.1) is 11.8 Å². The fourth-order valence-electron chi connectivity index (χ4n) is 1.59. The Bertz CT molecular complexity index is 194. The SMILES string of the molecule is CCNC=CSCN1CCN(COC)CC1. The predicted molar refractivity (Wildman–Crippen MR) is 70.3 cm³/mol. The molecule has 4 nitrogen and oxygen atoms in total. The number of nitrogens with one attached hydrogen (secondary N) is 1. The molecule has 0 aromatic carbocycles. The summed E-state index contributed by atoms with van der Waals surface area (Å²) in [5.74, 6) is 1.09. The van der Waals surface area contributed by atoms with E-state index in [-0.39, 0.29) is 0 Å². The molecule has 0 aromatic rings. The predicted octanol–water partition coefficient (Wildman–Crippen LogP) is 0.979. The zero-order valence-corrected chi connectivity index (χ0v) is 11.1. The molecule has 1 aliphatic rings. The van der Waals surface area contributed by atoms with Gasteiger partial charge in [0, 0.05) is 51.9 Å². The summed E-state index contributed by atoms with van der Waals surface area (Å²) >= 11 is 1.85. The van der Waals surface area contributed by atoms with Crippen molar-refractivity contribution < 1.29 is 4.74 Å². The number of piperazine rings is 1. The summed E-state index contributed by atoms with van der Waals surface area (Å²) in [4.78, 5) is 4.82. The number of thioether (sulfide) groups is 1. The lowest BCUT2D eigenvalue weighted by atomic mass is 10.3. The van der Waals surface area contributed by atoms with E-state index in [1.165, 1.54) is 0 Å². The molecule has 1 fully saturated rings. The van der Waals surface area contributed by atoms with Crippen LogP contribution in [0, 0.1) is 0 Å². The van der Waals surface area contributed by atoms with Gasteiger partial charge < -0.3 is 10.1 Å². The highest BCUT2D eigenvalue weighted by molar-refractivity contribution is 8.02. The van der Waals surface area contributed by atoms with Crippen LogP contribution < -0.4 is 5.32 Å². The van der Waals surface area contributed by atoms with Crippen LogP contribution >= 0.6 is 11.8 Å². The van der Waals surface area contributed by atoms with E-state index in [9.17, 15) is 0 Å². The molecule has 0 amide bonds. The van der Waals surface area contributed by atoms with Gasteiger partial charge >= 0.3 is 0 Å². The van der Waals surface area contributed by atoms with Gasteiger partial charge in [-0.2, -0.15) is 0 Å². The summed E-state index contributed by atoms with van der Waals surface area (Å²) in [5, 5.41) is 5.30. The van der Waals surface area contributed by atoms with Gasteiger partial charge in [0.05, 0.1) is 6.73 Å². The van der Waals surface area contributed by atoms with Crippen molar-refractivity contribution in [1.82, 2.24) is 15.1 Å². The Balaban J connectivity index is 2.03. The molecule has 94 valence electrons. The first-order valence-corrected chi connectivity index (χ1v) is 6.85. The maximum Gasteiger partial charge on any atom is 0.0987 e. The molecule has 0 aromatic heterocycles. The van der Waals surface area contributed by atoms with Crippen molar-refractivity contribution in [2.45, 2.75) is 6.92 Å². The fraction of sp³-hybridized carbons (Fsp3) is 0.818. The van der Waals surface area contributed by atoms with Crippen molar-refractivity contribution in [2.24, 2.45) is 0 Å². The minimum absolute atomic E-state index is 0.765. The summed E-state index contributed by atoms with van der Waals surface area (Å²) < 4.78 is 5.12. The lowest BCUT2D eigenvalue weighted by Gasteiger charge is -2.33. The van der Waals surface area contributed by atoms with E-state index in [0.717, 1.165) is 45.3 Å². The van der Waals surface area contributed by atoms with Crippen molar-refractivity contribution in [3.05, 3.63) is 11.6 Å². The zero-order chi connectivity index (χ0) is 11.6. The Hall–Kier alpha value is -0.230. The Morgan fingerprint density at radius 1 is 1.25 bits per heavy atom. The second-order valence-corrected chi connectivity index (χ2v) is 4.67. The molecule has 16 heavy (non-hydrogen) atoms. The van der Waals surface area contributed by atoms with E-state index in [0.29, 0.717) is 0 Å². The van der Waals surface area contributed by atoms with Crippen molar-refractivity contribution in [3.8, 4) is 0 Å². The van der Waals surface area contributed by atoms with Gasteiger partial charge in [0.25, 0.3) is 0 Å². The van der Waals surface area contributed by atoms with Crippen LogP contribution in [-0.2, 0) is 4.74 Å². The second kappa shape index (κ2) is 8.87. The molecule has 0 saturated carbocycles. The summed E-state index contributed by atoms with van der Waals surface area (Å²) in [6, 6.07) is 0. The average molecular weight is 245 g/mol. The first-order chi connectivity index (χ1) is 7.86. The molecule has 0 unspecified atom stereocenters. The molecule has 0 aliphatic carbocycles. The Morgan fingerprint density at radius 2 is 1.94 bits per heavy atom. The van der Waals surface area contributed by atoms with Gasteiger partial charge in [-0.1, -0.05) is 0 Å². The van der Waals surface area contributed by atoms with Crippen LogP contribution in [0.15, 0.2) is 11.6 Å². The van der Waals surface area contributed by atoms with Crippen LogP contribution in [-0.4, -0.2) is 62.2 Å². The van der Waals surface area contributed by atoms with Gasteiger partial charge in [0.15, 0.2) is 0 Å². The van der Waals surface area contributed by atoms with E-state index in [1.807, 2.05) is 18.0 Å². The molecular weight excluding hydrogens is 222 g/mol. The van der Waals surface area contributed by atoms with Crippen LogP contribution in [0.3, 0.4) is 0 Å². The highest BCUT2D eigenvalue weighted by atomic mass is 32.2. The summed E-state index contributed by atoms with van der Waals surface area (Å²) in [5.41, 5.74) is 0. The third kappa shape index (κ3) is 5.75. The zero-order valence-electron chi connectivity index (χ0n) is 10.3. The standard InChI is InChI=1S/C11H23N3OS/c1-3-12-4-9-16-11-14-7-5-13(6-8-14)10-15-2/h4,9,12H,3,5-8,10-11H2,1-2H3. The Labute approximate surface area is 103 Å². The van der Waals surface area contributed by atoms with Gasteiger partial charge in [-0.3, -0.25) is 9.80 Å². The highest BCUT2D eigenvalue weighted by Gasteiger charge is 2.15. The number of hydrogen-bond donors (Lipinski definition) is 1. The number of ether oxygens (including phenoxy) is 1. The van der Waals surface area contributed by atoms with Gasteiger partial charge in [0.1, 0.15) is 0 Å². The van der Waals surface area contributed by atoms with Crippen LogP contribution in [0.2, 0.25) is 0 Å². The monoisotopic (exact) mass is 245 g/mol. The minimum Gasteiger partial charge on any atom is -0.391 e. The van der Waals surface area contributed by atoms with Crippen molar-refractivity contribution in [1.29, 1.82) is 0 Å². The maximum absolute atomic E-state index is 5.12. The lowest BCUT2D eigenvalue weighted by molar-refractivity contribution is 0.0315. The van der Waals surface area contributed by atoms with Gasteiger partial charge in [-0.25, -0.2) is 0 Å². The number of hydrogen-bond acceptors (Lipinski definition) is 5. The number of rotatable bonds is 7. The van der Waals surface area contributed by atoms with Gasteiger partial charge in [-0.05, 0) is 12.3 Å². The largest absolute Gasteiger partial charge is 0.391 e. The van der Waals surface area contributed by atoms with Crippen LogP contribution in [0.25, 0.3) is 0 Å². The van der Waals surface area contributed by atoms with Gasteiger partial charge in [0.2, 0.25) is 0 Å². The lowest BCUT2D eigenvalue weighted by Crippen LogP contribution is -2.46. The minimum atomic E-state index is 0.765. The van der Waals surface area contributed by atoms with E-state index >= 15 is 0 Å².